The normalized spacial score (nSPS) is 59.8. The molecule has 0 radical (unpaired) electrons. The Morgan fingerprint density at radius 1 is 0.958 bits per heavy atom. The second kappa shape index (κ2) is 5.21. The average Bonchev–Trinajstić information content (AvgIpc) is 2.79. The van der Waals surface area contributed by atoms with Crippen molar-refractivity contribution in [3.05, 3.63) is 0 Å². The van der Waals surface area contributed by atoms with Crippen LogP contribution in [0.5, 0.6) is 0 Å². The fourth-order valence-electron chi connectivity index (χ4n) is 7.93. The Labute approximate surface area is 146 Å². The molecule has 4 saturated carbocycles. The lowest BCUT2D eigenvalue weighted by Crippen LogP contribution is -2.62. The third-order valence-corrected chi connectivity index (χ3v) is 9.57. The van der Waals surface area contributed by atoms with Crippen molar-refractivity contribution in [2.45, 2.75) is 84.3 Å². The van der Waals surface area contributed by atoms with Crippen LogP contribution < -0.4 is 0 Å². The highest BCUT2D eigenvalue weighted by molar-refractivity contribution is 5.19. The van der Waals surface area contributed by atoms with Crippen LogP contribution in [-0.4, -0.2) is 22.4 Å². The zero-order valence-corrected chi connectivity index (χ0v) is 15.5. The van der Waals surface area contributed by atoms with Gasteiger partial charge in [-0.15, -0.1) is 0 Å². The van der Waals surface area contributed by atoms with Crippen molar-refractivity contribution in [3.8, 4) is 6.07 Å². The molecule has 4 aliphatic rings. The summed E-state index contributed by atoms with van der Waals surface area (Å²) < 4.78 is 0. The van der Waals surface area contributed by atoms with Gasteiger partial charge in [-0.3, -0.25) is 0 Å². The summed E-state index contributed by atoms with van der Waals surface area (Å²) in [5, 5.41) is 31.1. The Morgan fingerprint density at radius 3 is 2.42 bits per heavy atom. The van der Waals surface area contributed by atoms with Crippen LogP contribution in [0, 0.1) is 51.2 Å². The summed E-state index contributed by atoms with van der Waals surface area (Å²) in [7, 11) is 0. The molecular weight excluding hydrogens is 298 g/mol. The predicted octanol–water partition coefficient (Wildman–Crippen LogP) is 3.89. The summed E-state index contributed by atoms with van der Waals surface area (Å²) in [5.74, 6) is 1.52. The highest BCUT2D eigenvalue weighted by atomic mass is 16.3. The standard InChI is InChI=1S/C21H33NO2/c1-19-8-7-15(23)10-13(19)4-5-16-18(19)17(24)11-21(3)14(12-22)6-9-20(16,21)2/h13-18,23-24H,4-11H2,1-3H3/t13-,14-,15+,16+,17+,18?,19-,20-,21+/m0/s1. The maximum Gasteiger partial charge on any atom is 0.0661 e. The molecule has 1 unspecified atom stereocenters. The molecule has 9 atom stereocenters. The van der Waals surface area contributed by atoms with Gasteiger partial charge in [-0.2, -0.15) is 5.26 Å². The van der Waals surface area contributed by atoms with Crippen molar-refractivity contribution >= 4 is 0 Å². The Bertz CT molecular complexity index is 571. The molecule has 134 valence electrons. The molecule has 4 rings (SSSR count). The van der Waals surface area contributed by atoms with Gasteiger partial charge in [-0.25, -0.2) is 0 Å². The number of hydrogen-bond acceptors (Lipinski definition) is 3. The monoisotopic (exact) mass is 331 g/mol. The van der Waals surface area contributed by atoms with Gasteiger partial charge >= 0.3 is 0 Å². The van der Waals surface area contributed by atoms with Crippen LogP contribution in [0.25, 0.3) is 0 Å². The minimum Gasteiger partial charge on any atom is -0.393 e. The SMILES string of the molecule is C[C@@]12CC[C@@H](C#N)[C@@]1(C)C[C@@H](O)C1[C@H]2CC[C@H]2C[C@H](O)CC[C@]12C. The minimum atomic E-state index is -0.287. The van der Waals surface area contributed by atoms with E-state index in [-0.39, 0.29) is 34.4 Å². The number of aliphatic hydroxyl groups excluding tert-OH is 2. The molecule has 0 aromatic rings. The van der Waals surface area contributed by atoms with Gasteiger partial charge in [0.2, 0.25) is 0 Å². The van der Waals surface area contributed by atoms with E-state index in [1.54, 1.807) is 0 Å². The average molecular weight is 332 g/mol. The van der Waals surface area contributed by atoms with E-state index < -0.39 is 0 Å². The number of fused-ring (bicyclic) bond motifs is 5. The van der Waals surface area contributed by atoms with Crippen molar-refractivity contribution in [1.82, 2.24) is 0 Å². The first kappa shape index (κ1) is 16.9. The van der Waals surface area contributed by atoms with E-state index in [0.29, 0.717) is 17.8 Å². The van der Waals surface area contributed by atoms with E-state index in [4.69, 9.17) is 0 Å². The summed E-state index contributed by atoms with van der Waals surface area (Å²) in [6, 6.07) is 2.57. The molecule has 0 saturated heterocycles. The second-order valence-corrected chi connectivity index (χ2v) is 10.2. The lowest BCUT2D eigenvalue weighted by Gasteiger charge is -2.65. The Balaban J connectivity index is 1.74. The quantitative estimate of drug-likeness (QED) is 0.708. The van der Waals surface area contributed by atoms with Crippen LogP contribution in [-0.2, 0) is 0 Å². The fraction of sp³-hybridized carbons (Fsp3) is 0.952. The first-order valence-electron chi connectivity index (χ1n) is 10.0. The van der Waals surface area contributed by atoms with Crippen LogP contribution in [0.4, 0.5) is 0 Å². The van der Waals surface area contributed by atoms with Crippen LogP contribution in [0.15, 0.2) is 0 Å². The van der Waals surface area contributed by atoms with Crippen molar-refractivity contribution in [1.29, 1.82) is 5.26 Å². The van der Waals surface area contributed by atoms with Gasteiger partial charge in [0, 0.05) is 0 Å². The van der Waals surface area contributed by atoms with Crippen molar-refractivity contribution in [2.24, 2.45) is 39.9 Å². The number of nitrogens with zero attached hydrogens (tertiary/aromatic N) is 1. The molecule has 3 heteroatoms. The molecule has 0 spiro atoms. The van der Waals surface area contributed by atoms with Gasteiger partial charge in [-0.1, -0.05) is 20.8 Å². The highest BCUT2D eigenvalue weighted by Gasteiger charge is 2.68. The molecule has 3 nitrogen and oxygen atoms in total. The van der Waals surface area contributed by atoms with E-state index in [2.05, 4.69) is 26.8 Å². The number of hydrogen-bond donors (Lipinski definition) is 2. The largest absolute Gasteiger partial charge is 0.393 e. The van der Waals surface area contributed by atoms with E-state index in [9.17, 15) is 15.5 Å². The van der Waals surface area contributed by atoms with E-state index in [0.717, 1.165) is 38.5 Å². The van der Waals surface area contributed by atoms with Crippen molar-refractivity contribution < 1.29 is 10.2 Å². The third kappa shape index (κ3) is 1.91. The first-order chi connectivity index (χ1) is 11.3. The van der Waals surface area contributed by atoms with Gasteiger partial charge in [0.1, 0.15) is 0 Å². The van der Waals surface area contributed by atoms with E-state index in [1.165, 1.54) is 12.8 Å². The maximum absolute atomic E-state index is 11.2. The second-order valence-electron chi connectivity index (χ2n) is 10.2. The van der Waals surface area contributed by atoms with Crippen LogP contribution in [0.3, 0.4) is 0 Å². The van der Waals surface area contributed by atoms with E-state index >= 15 is 0 Å². The molecule has 2 N–H and O–H groups in total. The Morgan fingerprint density at radius 2 is 1.71 bits per heavy atom. The third-order valence-electron chi connectivity index (χ3n) is 9.57. The Kier molecular flexibility index (Phi) is 3.66. The summed E-state index contributed by atoms with van der Waals surface area (Å²) in [6.07, 6.45) is 7.69. The molecule has 0 bridgehead atoms. The molecular formula is C21H33NO2. The smallest absolute Gasteiger partial charge is 0.0661 e. The molecule has 0 amide bonds. The molecule has 24 heavy (non-hydrogen) atoms. The lowest BCUT2D eigenvalue weighted by atomic mass is 9.40. The van der Waals surface area contributed by atoms with Crippen molar-refractivity contribution in [2.75, 3.05) is 0 Å². The Hall–Kier alpha value is -0.590. The lowest BCUT2D eigenvalue weighted by molar-refractivity contribution is -0.205. The maximum atomic E-state index is 11.2. The van der Waals surface area contributed by atoms with Crippen LogP contribution in [0.2, 0.25) is 0 Å². The summed E-state index contributed by atoms with van der Waals surface area (Å²) >= 11 is 0. The topological polar surface area (TPSA) is 64.2 Å². The highest BCUT2D eigenvalue weighted by Crippen LogP contribution is 2.72. The molecule has 0 heterocycles. The minimum absolute atomic E-state index is 0.0420. The van der Waals surface area contributed by atoms with Crippen molar-refractivity contribution in [3.63, 3.8) is 0 Å². The van der Waals surface area contributed by atoms with Gasteiger partial charge in [0.05, 0.1) is 24.2 Å². The van der Waals surface area contributed by atoms with Gasteiger partial charge in [-0.05, 0) is 85.4 Å². The zero-order chi connectivity index (χ0) is 17.3. The summed E-state index contributed by atoms with van der Waals surface area (Å²) in [4.78, 5) is 0. The van der Waals surface area contributed by atoms with Gasteiger partial charge < -0.3 is 10.2 Å². The molecule has 0 aliphatic heterocycles. The fourth-order valence-corrected chi connectivity index (χ4v) is 7.93. The van der Waals surface area contributed by atoms with Gasteiger partial charge in [0.15, 0.2) is 0 Å². The number of nitriles is 1. The first-order valence-corrected chi connectivity index (χ1v) is 10.0. The van der Waals surface area contributed by atoms with Gasteiger partial charge in [0.25, 0.3) is 0 Å². The summed E-state index contributed by atoms with van der Waals surface area (Å²) in [5.41, 5.74) is 0.303. The molecule has 4 fully saturated rings. The molecule has 4 aliphatic carbocycles. The molecule has 0 aromatic heterocycles. The molecule has 0 aromatic carbocycles. The zero-order valence-electron chi connectivity index (χ0n) is 15.5. The van der Waals surface area contributed by atoms with Crippen LogP contribution in [0.1, 0.15) is 72.1 Å². The number of aliphatic hydroxyl groups is 2. The summed E-state index contributed by atoms with van der Waals surface area (Å²) in [6.45, 7) is 7.11. The predicted molar refractivity (Wildman–Crippen MR) is 92.8 cm³/mol. The van der Waals surface area contributed by atoms with E-state index in [1.807, 2.05) is 0 Å². The number of rotatable bonds is 0. The van der Waals surface area contributed by atoms with Crippen LogP contribution >= 0.6 is 0 Å².